The molecule has 1 saturated carbocycles. The molecule has 172 valence electrons. The van der Waals surface area contributed by atoms with Crippen LogP contribution in [0.25, 0.3) is 0 Å². The fourth-order valence-corrected chi connectivity index (χ4v) is 4.63. The molecule has 1 aliphatic rings. The first-order valence-electron chi connectivity index (χ1n) is 11.2. The molecule has 1 amide bonds. The molecular weight excluding hydrogens is 440 g/mol. The van der Waals surface area contributed by atoms with E-state index in [1.54, 1.807) is 6.07 Å². The number of carbonyl (C=O) groups is 1. The van der Waals surface area contributed by atoms with Crippen molar-refractivity contribution < 1.29 is 4.79 Å². The van der Waals surface area contributed by atoms with Gasteiger partial charge < -0.3 is 15.6 Å². The Labute approximate surface area is 196 Å². The van der Waals surface area contributed by atoms with E-state index in [4.69, 9.17) is 11.6 Å². The van der Waals surface area contributed by atoms with E-state index in [0.717, 1.165) is 31.2 Å². The van der Waals surface area contributed by atoms with E-state index in [2.05, 4.69) is 32.7 Å². The lowest BCUT2D eigenvalue weighted by Gasteiger charge is -2.29. The number of nitrogens with one attached hydrogen (secondary N) is 4. The SMILES string of the molecule is O=C(N[C@H]1CC[C@@H](c2ccccc2)CC1)c1[nH]c(=O)[nH]c(=O)c1NCCc1ccccc1Cl. The highest BCUT2D eigenvalue weighted by Gasteiger charge is 2.25. The van der Waals surface area contributed by atoms with Gasteiger partial charge in [0.25, 0.3) is 11.5 Å². The smallest absolute Gasteiger partial charge is 0.326 e. The molecule has 1 heterocycles. The molecule has 33 heavy (non-hydrogen) atoms. The van der Waals surface area contributed by atoms with Crippen LogP contribution in [0.5, 0.6) is 0 Å². The Bertz CT molecular complexity index is 1210. The van der Waals surface area contributed by atoms with Crippen LogP contribution in [0.3, 0.4) is 0 Å². The molecule has 3 aromatic rings. The summed E-state index contributed by atoms with van der Waals surface area (Å²) >= 11 is 6.19. The summed E-state index contributed by atoms with van der Waals surface area (Å²) in [7, 11) is 0. The van der Waals surface area contributed by atoms with Gasteiger partial charge in [-0.05, 0) is 55.2 Å². The Kier molecular flexibility index (Phi) is 7.29. The zero-order valence-corrected chi connectivity index (χ0v) is 19.0. The number of hydrogen-bond donors (Lipinski definition) is 4. The molecule has 7 nitrogen and oxygen atoms in total. The predicted octanol–water partition coefficient (Wildman–Crippen LogP) is 3.83. The van der Waals surface area contributed by atoms with Crippen molar-refractivity contribution in [2.24, 2.45) is 0 Å². The zero-order chi connectivity index (χ0) is 23.2. The van der Waals surface area contributed by atoms with E-state index in [0.29, 0.717) is 23.9 Å². The number of anilines is 1. The van der Waals surface area contributed by atoms with Crippen molar-refractivity contribution in [3.63, 3.8) is 0 Å². The van der Waals surface area contributed by atoms with E-state index in [9.17, 15) is 14.4 Å². The van der Waals surface area contributed by atoms with E-state index >= 15 is 0 Å². The van der Waals surface area contributed by atoms with Crippen molar-refractivity contribution in [1.82, 2.24) is 15.3 Å². The van der Waals surface area contributed by atoms with E-state index in [-0.39, 0.29) is 17.4 Å². The number of carbonyl (C=O) groups excluding carboxylic acids is 1. The van der Waals surface area contributed by atoms with E-state index in [1.807, 2.05) is 36.4 Å². The van der Waals surface area contributed by atoms with Gasteiger partial charge in [-0.15, -0.1) is 0 Å². The second-order valence-corrected chi connectivity index (χ2v) is 8.77. The zero-order valence-electron chi connectivity index (χ0n) is 18.2. The summed E-state index contributed by atoms with van der Waals surface area (Å²) in [5, 5.41) is 6.63. The van der Waals surface area contributed by atoms with Crippen molar-refractivity contribution >= 4 is 23.2 Å². The molecule has 1 fully saturated rings. The lowest BCUT2D eigenvalue weighted by Crippen LogP contribution is -2.40. The quantitative estimate of drug-likeness (QED) is 0.424. The Hall–Kier alpha value is -3.32. The molecule has 2 aromatic carbocycles. The summed E-state index contributed by atoms with van der Waals surface area (Å²) in [4.78, 5) is 41.9. The first-order valence-corrected chi connectivity index (χ1v) is 11.6. The highest BCUT2D eigenvalue weighted by Crippen LogP contribution is 2.32. The van der Waals surface area contributed by atoms with Crippen LogP contribution in [-0.4, -0.2) is 28.5 Å². The fraction of sp³-hybridized carbons (Fsp3) is 0.320. The van der Waals surface area contributed by atoms with Crippen LogP contribution in [0.2, 0.25) is 5.02 Å². The van der Waals surface area contributed by atoms with Gasteiger partial charge in [-0.3, -0.25) is 14.6 Å². The molecule has 4 rings (SSSR count). The third-order valence-electron chi connectivity index (χ3n) is 6.16. The fourth-order valence-electron chi connectivity index (χ4n) is 4.40. The van der Waals surface area contributed by atoms with Crippen molar-refractivity contribution in [2.45, 2.75) is 44.1 Å². The van der Waals surface area contributed by atoms with Crippen LogP contribution in [0.4, 0.5) is 5.69 Å². The predicted molar refractivity (Wildman–Crippen MR) is 130 cm³/mol. The summed E-state index contributed by atoms with van der Waals surface area (Å²) in [6.45, 7) is 0.376. The number of H-pyrrole nitrogens is 2. The topological polar surface area (TPSA) is 107 Å². The van der Waals surface area contributed by atoms with Gasteiger partial charge in [0, 0.05) is 17.6 Å². The highest BCUT2D eigenvalue weighted by atomic mass is 35.5. The number of benzene rings is 2. The number of rotatable bonds is 7. The lowest BCUT2D eigenvalue weighted by atomic mass is 9.82. The average Bonchev–Trinajstić information content (AvgIpc) is 2.82. The Morgan fingerprint density at radius 1 is 0.939 bits per heavy atom. The molecule has 4 N–H and O–H groups in total. The molecule has 0 radical (unpaired) electrons. The first-order chi connectivity index (χ1) is 16.0. The molecular formula is C25H27ClN4O3. The van der Waals surface area contributed by atoms with Crippen molar-refractivity contribution in [1.29, 1.82) is 0 Å². The summed E-state index contributed by atoms with van der Waals surface area (Å²) in [6, 6.07) is 17.8. The van der Waals surface area contributed by atoms with Gasteiger partial charge in [-0.1, -0.05) is 60.1 Å². The molecule has 0 bridgehead atoms. The van der Waals surface area contributed by atoms with Gasteiger partial charge in [0.15, 0.2) is 0 Å². The van der Waals surface area contributed by atoms with E-state index in [1.165, 1.54) is 5.56 Å². The minimum atomic E-state index is -0.713. The summed E-state index contributed by atoms with van der Waals surface area (Å²) in [5.41, 5.74) is 0.913. The van der Waals surface area contributed by atoms with Gasteiger partial charge in [0.2, 0.25) is 0 Å². The molecule has 0 spiro atoms. The van der Waals surface area contributed by atoms with Crippen molar-refractivity contribution in [2.75, 3.05) is 11.9 Å². The molecule has 1 aromatic heterocycles. The average molecular weight is 467 g/mol. The van der Waals surface area contributed by atoms with Crippen molar-refractivity contribution in [3.05, 3.63) is 97.3 Å². The summed E-state index contributed by atoms with van der Waals surface area (Å²) in [6.07, 6.45) is 4.19. The largest absolute Gasteiger partial charge is 0.378 e. The molecule has 8 heteroatoms. The first kappa shape index (κ1) is 22.9. The van der Waals surface area contributed by atoms with Gasteiger partial charge >= 0.3 is 5.69 Å². The molecule has 1 aliphatic carbocycles. The Morgan fingerprint density at radius 3 is 2.36 bits per heavy atom. The lowest BCUT2D eigenvalue weighted by molar-refractivity contribution is 0.0921. The van der Waals surface area contributed by atoms with Crippen LogP contribution >= 0.6 is 11.6 Å². The number of hydrogen-bond acceptors (Lipinski definition) is 4. The Morgan fingerprint density at radius 2 is 1.64 bits per heavy atom. The minimum absolute atomic E-state index is 0.00349. The van der Waals surface area contributed by atoms with Gasteiger partial charge in [0.05, 0.1) is 0 Å². The van der Waals surface area contributed by atoms with Gasteiger partial charge in [-0.25, -0.2) is 4.79 Å². The van der Waals surface area contributed by atoms with Crippen LogP contribution in [0, 0.1) is 0 Å². The summed E-state index contributed by atoms with van der Waals surface area (Å²) < 4.78 is 0. The molecule has 0 saturated heterocycles. The second-order valence-electron chi connectivity index (χ2n) is 8.36. The van der Waals surface area contributed by atoms with Crippen LogP contribution < -0.4 is 21.9 Å². The van der Waals surface area contributed by atoms with Crippen LogP contribution in [0.15, 0.2) is 64.2 Å². The standard InChI is InChI=1S/C25H27ClN4O3/c26-20-9-5-4-8-18(20)14-15-27-21-22(29-25(33)30-23(21)31)24(32)28-19-12-10-17(11-13-19)16-6-2-1-3-7-16/h1-9,17,19,27H,10-15H2,(H,28,32)(H2,29,30,31,33)/t17-,19+. The van der Waals surface area contributed by atoms with Crippen LogP contribution in [-0.2, 0) is 6.42 Å². The van der Waals surface area contributed by atoms with Gasteiger partial charge in [-0.2, -0.15) is 0 Å². The maximum Gasteiger partial charge on any atom is 0.326 e. The maximum atomic E-state index is 13.0. The molecule has 0 unspecified atom stereocenters. The maximum absolute atomic E-state index is 13.0. The number of halogens is 1. The molecule has 0 atom stereocenters. The highest BCUT2D eigenvalue weighted by molar-refractivity contribution is 6.31. The number of aromatic nitrogens is 2. The third kappa shape index (κ3) is 5.73. The van der Waals surface area contributed by atoms with Crippen LogP contribution in [0.1, 0.15) is 53.2 Å². The second kappa shape index (κ2) is 10.5. The minimum Gasteiger partial charge on any atom is -0.378 e. The number of amides is 1. The van der Waals surface area contributed by atoms with Crippen molar-refractivity contribution in [3.8, 4) is 0 Å². The normalized spacial score (nSPS) is 18.0. The summed E-state index contributed by atoms with van der Waals surface area (Å²) in [5.74, 6) is 0.0300. The third-order valence-corrected chi connectivity index (χ3v) is 6.53. The van der Waals surface area contributed by atoms with E-state index < -0.39 is 17.2 Å². The Balaban J connectivity index is 1.40. The van der Waals surface area contributed by atoms with Gasteiger partial charge in [0.1, 0.15) is 11.4 Å². The number of aromatic amines is 2. The monoisotopic (exact) mass is 466 g/mol. The molecule has 0 aliphatic heterocycles.